The molecule has 1 unspecified atom stereocenters. The van der Waals surface area contributed by atoms with E-state index in [4.69, 9.17) is 5.73 Å². The van der Waals surface area contributed by atoms with Crippen LogP contribution in [0.1, 0.15) is 23.7 Å². The van der Waals surface area contributed by atoms with Gasteiger partial charge < -0.3 is 11.1 Å². The summed E-state index contributed by atoms with van der Waals surface area (Å²) >= 11 is 0. The first-order chi connectivity index (χ1) is 9.20. The number of benzene rings is 1. The predicted octanol–water partition coefficient (Wildman–Crippen LogP) is 0.129. The van der Waals surface area contributed by atoms with E-state index in [2.05, 4.69) is 20.8 Å². The molecule has 3 N–H and O–H groups in total. The topological polar surface area (TPSA) is 98.7 Å². The molecule has 1 heterocycles. The highest BCUT2D eigenvalue weighted by atomic mass is 16.1. The maximum atomic E-state index is 11.8. The molecule has 100 valence electrons. The molecule has 0 bridgehead atoms. The fourth-order valence-corrected chi connectivity index (χ4v) is 1.52. The van der Waals surface area contributed by atoms with Gasteiger partial charge in [0, 0.05) is 18.2 Å². The molecule has 2 rings (SSSR count). The fourth-order valence-electron chi connectivity index (χ4n) is 1.52. The van der Waals surface area contributed by atoms with Gasteiger partial charge in [0.1, 0.15) is 6.33 Å². The zero-order valence-corrected chi connectivity index (χ0v) is 10.7. The number of hydrogen-bond acceptors (Lipinski definition) is 5. The van der Waals surface area contributed by atoms with Crippen LogP contribution in [-0.4, -0.2) is 38.7 Å². The van der Waals surface area contributed by atoms with Crippen LogP contribution in [-0.2, 0) is 0 Å². The Bertz CT molecular complexity index is 522. The Balaban J connectivity index is 2.00. The summed E-state index contributed by atoms with van der Waals surface area (Å²) in [5.41, 5.74) is 7.13. The van der Waals surface area contributed by atoms with Crippen LogP contribution in [0.2, 0.25) is 0 Å². The zero-order chi connectivity index (χ0) is 13.7. The first-order valence-electron chi connectivity index (χ1n) is 6.08. The maximum absolute atomic E-state index is 11.8. The highest BCUT2D eigenvalue weighted by molar-refractivity contribution is 5.94. The number of carbonyl (C=O) groups excluding carboxylic acids is 1. The molecular formula is C12H16N6O. The van der Waals surface area contributed by atoms with Gasteiger partial charge in [-0.15, -0.1) is 5.10 Å². The van der Waals surface area contributed by atoms with Crippen LogP contribution in [0.25, 0.3) is 5.69 Å². The molecule has 0 aliphatic rings. The van der Waals surface area contributed by atoms with Gasteiger partial charge in [-0.25, -0.2) is 4.68 Å². The molecule has 2 aromatic rings. The summed E-state index contributed by atoms with van der Waals surface area (Å²) in [5.74, 6) is -0.132. The van der Waals surface area contributed by atoms with E-state index in [0.29, 0.717) is 12.1 Å². The molecule has 0 saturated heterocycles. The van der Waals surface area contributed by atoms with Crippen LogP contribution in [0.4, 0.5) is 0 Å². The van der Waals surface area contributed by atoms with Crippen molar-refractivity contribution in [2.75, 3.05) is 6.54 Å². The number of nitrogens with two attached hydrogens (primary N) is 1. The molecule has 7 heteroatoms. The minimum atomic E-state index is -0.132. The minimum Gasteiger partial charge on any atom is -0.350 e. The summed E-state index contributed by atoms with van der Waals surface area (Å²) in [6.45, 7) is 2.46. The molecule has 0 fully saturated rings. The Hall–Kier alpha value is -2.28. The molecule has 0 radical (unpaired) electrons. The number of nitrogens with one attached hydrogen (secondary N) is 1. The van der Waals surface area contributed by atoms with Crippen molar-refractivity contribution in [3.63, 3.8) is 0 Å². The molecule has 1 amide bonds. The van der Waals surface area contributed by atoms with Gasteiger partial charge in [0.15, 0.2) is 0 Å². The number of nitrogens with zero attached hydrogens (tertiary/aromatic N) is 4. The second-order valence-corrected chi connectivity index (χ2v) is 4.18. The van der Waals surface area contributed by atoms with E-state index in [-0.39, 0.29) is 11.9 Å². The molecule has 1 atom stereocenters. The van der Waals surface area contributed by atoms with Gasteiger partial charge in [0.2, 0.25) is 0 Å². The lowest BCUT2D eigenvalue weighted by atomic mass is 10.2. The normalized spacial score (nSPS) is 12.1. The van der Waals surface area contributed by atoms with Gasteiger partial charge in [-0.1, -0.05) is 6.92 Å². The molecular weight excluding hydrogens is 244 g/mol. The van der Waals surface area contributed by atoms with Crippen molar-refractivity contribution in [2.45, 2.75) is 19.4 Å². The van der Waals surface area contributed by atoms with E-state index in [0.717, 1.165) is 12.1 Å². The quantitative estimate of drug-likeness (QED) is 0.796. The Morgan fingerprint density at radius 3 is 2.74 bits per heavy atom. The number of amides is 1. The van der Waals surface area contributed by atoms with Gasteiger partial charge >= 0.3 is 0 Å². The Labute approximate surface area is 110 Å². The van der Waals surface area contributed by atoms with Crippen molar-refractivity contribution >= 4 is 5.91 Å². The van der Waals surface area contributed by atoms with Crippen molar-refractivity contribution in [1.29, 1.82) is 0 Å². The van der Waals surface area contributed by atoms with Crippen molar-refractivity contribution in [3.05, 3.63) is 36.2 Å². The SMILES string of the molecule is CCC(N)CNC(=O)c1ccc(-n2cnnn2)cc1. The van der Waals surface area contributed by atoms with E-state index in [1.807, 2.05) is 6.92 Å². The van der Waals surface area contributed by atoms with E-state index < -0.39 is 0 Å². The van der Waals surface area contributed by atoms with Gasteiger partial charge in [-0.3, -0.25) is 4.79 Å². The number of aromatic nitrogens is 4. The van der Waals surface area contributed by atoms with E-state index in [1.165, 1.54) is 11.0 Å². The van der Waals surface area contributed by atoms with Crippen LogP contribution in [0.15, 0.2) is 30.6 Å². The van der Waals surface area contributed by atoms with Crippen molar-refractivity contribution in [1.82, 2.24) is 25.5 Å². The number of rotatable bonds is 5. The van der Waals surface area contributed by atoms with E-state index >= 15 is 0 Å². The van der Waals surface area contributed by atoms with Gasteiger partial charge in [0.25, 0.3) is 5.91 Å². The zero-order valence-electron chi connectivity index (χ0n) is 10.7. The highest BCUT2D eigenvalue weighted by Gasteiger charge is 2.07. The second-order valence-electron chi connectivity index (χ2n) is 4.18. The largest absolute Gasteiger partial charge is 0.350 e. The lowest BCUT2D eigenvalue weighted by molar-refractivity contribution is 0.0951. The smallest absolute Gasteiger partial charge is 0.251 e. The van der Waals surface area contributed by atoms with Crippen molar-refractivity contribution in [3.8, 4) is 5.69 Å². The predicted molar refractivity (Wildman–Crippen MR) is 69.8 cm³/mol. The summed E-state index contributed by atoms with van der Waals surface area (Å²) in [6, 6.07) is 7.01. The third-order valence-electron chi connectivity index (χ3n) is 2.79. The summed E-state index contributed by atoms with van der Waals surface area (Å²) in [4.78, 5) is 11.8. The van der Waals surface area contributed by atoms with Crippen LogP contribution in [0, 0.1) is 0 Å². The van der Waals surface area contributed by atoms with Crippen LogP contribution in [0.5, 0.6) is 0 Å². The van der Waals surface area contributed by atoms with Crippen LogP contribution < -0.4 is 11.1 Å². The van der Waals surface area contributed by atoms with Gasteiger partial charge in [-0.05, 0) is 41.1 Å². The lowest BCUT2D eigenvalue weighted by Crippen LogP contribution is -2.36. The first-order valence-corrected chi connectivity index (χ1v) is 6.08. The molecule has 0 spiro atoms. The van der Waals surface area contributed by atoms with Gasteiger partial charge in [0.05, 0.1) is 5.69 Å². The lowest BCUT2D eigenvalue weighted by Gasteiger charge is -2.10. The van der Waals surface area contributed by atoms with Crippen LogP contribution >= 0.6 is 0 Å². The maximum Gasteiger partial charge on any atom is 0.251 e. The van der Waals surface area contributed by atoms with E-state index in [9.17, 15) is 4.79 Å². The second kappa shape index (κ2) is 6.05. The number of carbonyl (C=O) groups is 1. The van der Waals surface area contributed by atoms with Crippen LogP contribution in [0.3, 0.4) is 0 Å². The third-order valence-corrected chi connectivity index (χ3v) is 2.79. The van der Waals surface area contributed by atoms with Crippen molar-refractivity contribution in [2.24, 2.45) is 5.73 Å². The summed E-state index contributed by atoms with van der Waals surface area (Å²) in [6.07, 6.45) is 2.33. The first kappa shape index (κ1) is 13.2. The molecule has 19 heavy (non-hydrogen) atoms. The molecule has 0 aliphatic heterocycles. The Kier molecular flexibility index (Phi) is 4.19. The Morgan fingerprint density at radius 1 is 1.42 bits per heavy atom. The summed E-state index contributed by atoms with van der Waals surface area (Å²) < 4.78 is 1.52. The fraction of sp³-hybridized carbons (Fsp3) is 0.333. The molecule has 1 aromatic carbocycles. The third kappa shape index (κ3) is 3.35. The molecule has 0 saturated carbocycles. The minimum absolute atomic E-state index is 0.00977. The highest BCUT2D eigenvalue weighted by Crippen LogP contribution is 2.07. The molecule has 1 aromatic heterocycles. The number of tetrazole rings is 1. The van der Waals surface area contributed by atoms with Gasteiger partial charge in [-0.2, -0.15) is 0 Å². The monoisotopic (exact) mass is 260 g/mol. The molecule has 0 aliphatic carbocycles. The summed E-state index contributed by atoms with van der Waals surface area (Å²) in [7, 11) is 0. The Morgan fingerprint density at radius 2 is 2.16 bits per heavy atom. The van der Waals surface area contributed by atoms with Crippen molar-refractivity contribution < 1.29 is 4.79 Å². The summed E-state index contributed by atoms with van der Waals surface area (Å²) in [5, 5.41) is 13.7. The average Bonchev–Trinajstić information content (AvgIpc) is 2.98. The average molecular weight is 260 g/mol. The standard InChI is InChI=1S/C12H16N6O/c1-2-10(13)7-14-12(19)9-3-5-11(6-4-9)18-8-15-16-17-18/h3-6,8,10H,2,7,13H2,1H3,(H,14,19). The number of hydrogen-bond donors (Lipinski definition) is 2. The molecule has 7 nitrogen and oxygen atoms in total. The van der Waals surface area contributed by atoms with E-state index in [1.54, 1.807) is 24.3 Å².